The number of aromatic nitrogens is 2. The molecule has 0 aromatic carbocycles. The number of ether oxygens (including phenoxy) is 1. The molecule has 0 atom stereocenters. The largest absolute Gasteiger partial charge is 0.490 e. The summed E-state index contributed by atoms with van der Waals surface area (Å²) in [7, 11) is 1.78. The number of carbonyl (C=O) groups is 1. The number of nitrogens with zero attached hydrogens (tertiary/aromatic N) is 2. The van der Waals surface area contributed by atoms with Crippen molar-refractivity contribution < 1.29 is 14.4 Å². The van der Waals surface area contributed by atoms with Gasteiger partial charge in [-0.25, -0.2) is 5.84 Å². The highest BCUT2D eigenvalue weighted by Gasteiger charge is 2.03. The van der Waals surface area contributed by atoms with E-state index in [1.165, 1.54) is 0 Å². The van der Waals surface area contributed by atoms with E-state index in [2.05, 4.69) is 9.94 Å². The Bertz CT molecular complexity index is 299. The van der Waals surface area contributed by atoms with Crippen molar-refractivity contribution >= 4 is 5.97 Å². The van der Waals surface area contributed by atoms with E-state index in [1.807, 2.05) is 0 Å². The molecule has 1 rings (SSSR count). The fraction of sp³-hybridized carbons (Fsp3) is 0.429. The Balaban J connectivity index is 2.18. The summed E-state index contributed by atoms with van der Waals surface area (Å²) in [4.78, 5) is 15.0. The first-order chi connectivity index (χ1) is 6.72. The number of nitrogens with two attached hydrogens (primary N) is 1. The van der Waals surface area contributed by atoms with Crippen molar-refractivity contribution in [2.24, 2.45) is 12.9 Å². The molecule has 78 valence electrons. The Morgan fingerprint density at radius 3 is 3.14 bits per heavy atom. The number of aryl methyl sites for hydroxylation is 1. The maximum atomic E-state index is 10.8. The van der Waals surface area contributed by atoms with Gasteiger partial charge >= 0.3 is 5.97 Å². The zero-order valence-electron chi connectivity index (χ0n) is 7.77. The average molecular weight is 200 g/mol. The number of rotatable bonds is 5. The van der Waals surface area contributed by atoms with E-state index in [4.69, 9.17) is 10.6 Å². The Labute approximate surface area is 80.7 Å². The van der Waals surface area contributed by atoms with E-state index < -0.39 is 5.97 Å². The molecule has 3 N–H and O–H groups in total. The zero-order valence-corrected chi connectivity index (χ0v) is 7.77. The van der Waals surface area contributed by atoms with Crippen LogP contribution in [0.2, 0.25) is 0 Å². The van der Waals surface area contributed by atoms with Crippen molar-refractivity contribution in [1.82, 2.24) is 15.4 Å². The van der Waals surface area contributed by atoms with Crippen LogP contribution in [0.4, 0.5) is 0 Å². The third-order valence-corrected chi connectivity index (χ3v) is 1.43. The quantitative estimate of drug-likeness (QED) is 0.473. The molecule has 14 heavy (non-hydrogen) atoms. The van der Waals surface area contributed by atoms with Gasteiger partial charge in [0.15, 0.2) is 5.75 Å². The lowest BCUT2D eigenvalue weighted by Crippen LogP contribution is -2.26. The Morgan fingerprint density at radius 1 is 1.79 bits per heavy atom. The monoisotopic (exact) mass is 200 g/mol. The summed E-state index contributed by atoms with van der Waals surface area (Å²) in [5.74, 6) is 4.90. The Hall–Kier alpha value is -1.60. The normalized spacial score (nSPS) is 9.86. The molecule has 0 saturated carbocycles. The van der Waals surface area contributed by atoms with E-state index in [0.29, 0.717) is 5.75 Å². The van der Waals surface area contributed by atoms with Gasteiger partial charge in [0.25, 0.3) is 0 Å². The fourth-order valence-electron chi connectivity index (χ4n) is 0.842. The molecule has 0 aliphatic carbocycles. The van der Waals surface area contributed by atoms with Crippen LogP contribution in [0.5, 0.6) is 5.75 Å². The van der Waals surface area contributed by atoms with Crippen LogP contribution >= 0.6 is 0 Å². The lowest BCUT2D eigenvalue weighted by atomic mass is 10.5. The van der Waals surface area contributed by atoms with Crippen LogP contribution in [0.1, 0.15) is 6.42 Å². The van der Waals surface area contributed by atoms with Crippen LogP contribution in [-0.4, -0.2) is 22.4 Å². The third-order valence-electron chi connectivity index (χ3n) is 1.43. The van der Waals surface area contributed by atoms with E-state index in [0.717, 1.165) is 0 Å². The van der Waals surface area contributed by atoms with Gasteiger partial charge in [-0.1, -0.05) is 5.59 Å². The highest BCUT2D eigenvalue weighted by molar-refractivity contribution is 5.69. The molecule has 0 saturated heterocycles. The van der Waals surface area contributed by atoms with Gasteiger partial charge in [-0.2, -0.15) is 5.10 Å². The van der Waals surface area contributed by atoms with Crippen molar-refractivity contribution in [2.75, 3.05) is 6.61 Å². The molecule has 7 heteroatoms. The number of hydrazine groups is 1. The molecule has 0 aliphatic rings. The molecule has 0 spiro atoms. The summed E-state index contributed by atoms with van der Waals surface area (Å²) in [5, 5.41) is 3.89. The molecule has 0 bridgehead atoms. The Kier molecular flexibility index (Phi) is 3.89. The molecule has 7 nitrogen and oxygen atoms in total. The van der Waals surface area contributed by atoms with E-state index in [9.17, 15) is 4.79 Å². The molecular weight excluding hydrogens is 188 g/mol. The fourth-order valence-corrected chi connectivity index (χ4v) is 0.842. The van der Waals surface area contributed by atoms with E-state index in [-0.39, 0.29) is 13.0 Å². The summed E-state index contributed by atoms with van der Waals surface area (Å²) in [6.07, 6.45) is 3.39. The van der Waals surface area contributed by atoms with Crippen molar-refractivity contribution in [1.29, 1.82) is 0 Å². The minimum absolute atomic E-state index is 0.124. The summed E-state index contributed by atoms with van der Waals surface area (Å²) >= 11 is 0. The summed E-state index contributed by atoms with van der Waals surface area (Å²) in [6.45, 7) is 0.228. The number of hydrogen-bond donors (Lipinski definition) is 2. The average Bonchev–Trinajstić information content (AvgIpc) is 2.52. The highest BCUT2D eigenvalue weighted by Crippen LogP contribution is 2.06. The van der Waals surface area contributed by atoms with Crippen LogP contribution in [0.3, 0.4) is 0 Å². The molecule has 0 aliphatic heterocycles. The van der Waals surface area contributed by atoms with Gasteiger partial charge in [-0.15, -0.1) is 0 Å². The maximum Gasteiger partial charge on any atom is 0.329 e. The predicted molar refractivity (Wildman–Crippen MR) is 46.7 cm³/mol. The number of hydrogen-bond acceptors (Lipinski definition) is 6. The smallest absolute Gasteiger partial charge is 0.329 e. The lowest BCUT2D eigenvalue weighted by Gasteiger charge is -2.02. The van der Waals surface area contributed by atoms with Gasteiger partial charge in [-0.3, -0.25) is 9.48 Å². The van der Waals surface area contributed by atoms with Gasteiger partial charge in [0.05, 0.1) is 25.4 Å². The van der Waals surface area contributed by atoms with Crippen molar-refractivity contribution in [3.8, 4) is 5.75 Å². The minimum Gasteiger partial charge on any atom is -0.490 e. The second-order valence-electron chi connectivity index (χ2n) is 2.54. The van der Waals surface area contributed by atoms with Gasteiger partial charge in [0, 0.05) is 7.05 Å². The van der Waals surface area contributed by atoms with Crippen LogP contribution in [-0.2, 0) is 16.7 Å². The van der Waals surface area contributed by atoms with Crippen LogP contribution in [0.25, 0.3) is 0 Å². The molecule has 1 aromatic heterocycles. The second-order valence-corrected chi connectivity index (χ2v) is 2.54. The number of nitrogens with one attached hydrogen (secondary N) is 1. The van der Waals surface area contributed by atoms with Crippen molar-refractivity contribution in [3.63, 3.8) is 0 Å². The van der Waals surface area contributed by atoms with Crippen LogP contribution < -0.4 is 16.2 Å². The van der Waals surface area contributed by atoms with Crippen molar-refractivity contribution in [2.45, 2.75) is 6.42 Å². The molecule has 0 amide bonds. The van der Waals surface area contributed by atoms with Gasteiger partial charge < -0.3 is 9.57 Å². The molecule has 0 radical (unpaired) electrons. The van der Waals surface area contributed by atoms with Gasteiger partial charge in [0.1, 0.15) is 0 Å². The van der Waals surface area contributed by atoms with Crippen LogP contribution in [0, 0.1) is 0 Å². The predicted octanol–water partition coefficient (Wildman–Crippen LogP) is -0.889. The zero-order chi connectivity index (χ0) is 10.4. The number of carbonyl (C=O) groups excluding carboxylic acids is 1. The summed E-state index contributed by atoms with van der Waals surface area (Å²) in [6, 6.07) is 0. The minimum atomic E-state index is -0.476. The molecule has 1 aromatic rings. The van der Waals surface area contributed by atoms with Gasteiger partial charge in [-0.05, 0) is 0 Å². The molecule has 1 heterocycles. The molecular formula is C7H12N4O3. The SMILES string of the molecule is Cn1cc(OCCC(=O)ONN)cn1. The third kappa shape index (κ3) is 3.42. The first-order valence-electron chi connectivity index (χ1n) is 3.99. The van der Waals surface area contributed by atoms with Crippen molar-refractivity contribution in [3.05, 3.63) is 12.4 Å². The van der Waals surface area contributed by atoms with E-state index >= 15 is 0 Å². The van der Waals surface area contributed by atoms with E-state index in [1.54, 1.807) is 29.7 Å². The highest BCUT2D eigenvalue weighted by atomic mass is 16.7. The first kappa shape index (κ1) is 10.5. The topological polar surface area (TPSA) is 91.4 Å². The summed E-state index contributed by atoms with van der Waals surface area (Å²) < 4.78 is 6.80. The Morgan fingerprint density at radius 2 is 2.57 bits per heavy atom. The molecule has 0 fully saturated rings. The first-order valence-corrected chi connectivity index (χ1v) is 3.99. The standard InChI is InChI=1S/C7H12N4O3/c1-11-5-6(4-9-11)13-3-2-7(12)14-10-8/h4-5,10H,2-3,8H2,1H3. The second kappa shape index (κ2) is 5.20. The lowest BCUT2D eigenvalue weighted by molar-refractivity contribution is -0.151. The van der Waals surface area contributed by atoms with Crippen LogP contribution in [0.15, 0.2) is 12.4 Å². The molecule has 0 unspecified atom stereocenters. The van der Waals surface area contributed by atoms with Gasteiger partial charge in [0.2, 0.25) is 0 Å². The maximum absolute atomic E-state index is 10.8. The summed E-state index contributed by atoms with van der Waals surface area (Å²) in [5.41, 5.74) is 1.80.